The van der Waals surface area contributed by atoms with Crippen LogP contribution in [0.4, 0.5) is 4.79 Å². The number of carbonyl (C=O) groups is 2. The van der Waals surface area contributed by atoms with Crippen LogP contribution in [0.3, 0.4) is 0 Å². The number of thiophene rings is 1. The molecule has 2 aromatic rings. The normalized spacial score (nSPS) is 15.1. The minimum atomic E-state index is -0.283. The van der Waals surface area contributed by atoms with Crippen LogP contribution in [-0.2, 0) is 4.74 Å². The standard InChI is InChI=1S/C17H20ClN3O3S2/c1-3-24-17(23)21-8-6-11(7-9-21)20-15(22)14-10(2)19-16(26-14)12-4-5-13(18)25-12/h4-5,11H,3,6-9H2,1-2H3,(H,20,22). The molecule has 140 valence electrons. The Morgan fingerprint density at radius 1 is 1.35 bits per heavy atom. The van der Waals surface area contributed by atoms with Crippen molar-refractivity contribution < 1.29 is 14.3 Å². The van der Waals surface area contributed by atoms with Crippen molar-refractivity contribution in [3.63, 3.8) is 0 Å². The van der Waals surface area contributed by atoms with E-state index in [2.05, 4.69) is 10.3 Å². The molecule has 2 amide bonds. The molecular weight excluding hydrogens is 394 g/mol. The van der Waals surface area contributed by atoms with E-state index in [1.807, 2.05) is 19.1 Å². The molecule has 0 aliphatic carbocycles. The predicted molar refractivity (Wildman–Crippen MR) is 104 cm³/mol. The first-order valence-corrected chi connectivity index (χ1v) is 10.4. The van der Waals surface area contributed by atoms with Crippen molar-refractivity contribution in [1.82, 2.24) is 15.2 Å². The molecule has 1 fully saturated rings. The number of amides is 2. The van der Waals surface area contributed by atoms with Crippen molar-refractivity contribution in [2.75, 3.05) is 19.7 Å². The number of aryl methyl sites for hydroxylation is 1. The lowest BCUT2D eigenvalue weighted by atomic mass is 10.1. The number of nitrogens with one attached hydrogen (secondary N) is 1. The predicted octanol–water partition coefficient (Wildman–Crippen LogP) is 4.18. The molecule has 1 saturated heterocycles. The van der Waals surface area contributed by atoms with Crippen molar-refractivity contribution in [2.45, 2.75) is 32.7 Å². The molecule has 0 aromatic carbocycles. The number of piperidine rings is 1. The number of hydrogen-bond acceptors (Lipinski definition) is 6. The first-order valence-electron chi connectivity index (χ1n) is 8.43. The molecular formula is C17H20ClN3O3S2. The Hall–Kier alpha value is -1.64. The van der Waals surface area contributed by atoms with Gasteiger partial charge in [-0.15, -0.1) is 22.7 Å². The summed E-state index contributed by atoms with van der Waals surface area (Å²) >= 11 is 8.81. The Bertz CT molecular complexity index is 797. The van der Waals surface area contributed by atoms with Crippen LogP contribution in [0.2, 0.25) is 4.34 Å². The lowest BCUT2D eigenvalue weighted by Crippen LogP contribution is -2.46. The van der Waals surface area contributed by atoms with Gasteiger partial charge in [0.2, 0.25) is 0 Å². The monoisotopic (exact) mass is 413 g/mol. The Balaban J connectivity index is 1.59. The lowest BCUT2D eigenvalue weighted by molar-refractivity contribution is 0.0862. The van der Waals surface area contributed by atoms with Gasteiger partial charge in [0.25, 0.3) is 5.91 Å². The van der Waals surface area contributed by atoms with Crippen LogP contribution in [0.15, 0.2) is 12.1 Å². The van der Waals surface area contributed by atoms with Gasteiger partial charge in [-0.25, -0.2) is 9.78 Å². The molecule has 0 atom stereocenters. The third kappa shape index (κ3) is 4.36. The molecule has 0 radical (unpaired) electrons. The van der Waals surface area contributed by atoms with Gasteiger partial charge in [0.1, 0.15) is 9.88 Å². The van der Waals surface area contributed by atoms with Crippen LogP contribution in [0.1, 0.15) is 35.1 Å². The maximum absolute atomic E-state index is 12.6. The molecule has 2 aromatic heterocycles. The molecule has 3 heterocycles. The number of halogens is 1. The van der Waals surface area contributed by atoms with Gasteiger partial charge in [0, 0.05) is 19.1 Å². The molecule has 0 unspecified atom stereocenters. The van der Waals surface area contributed by atoms with Gasteiger partial charge in [-0.1, -0.05) is 11.6 Å². The SMILES string of the molecule is CCOC(=O)N1CCC(NC(=O)c2sc(-c3ccc(Cl)s3)nc2C)CC1. The Kier molecular flexibility index (Phi) is 6.16. The Morgan fingerprint density at radius 2 is 2.08 bits per heavy atom. The van der Waals surface area contributed by atoms with E-state index in [0.717, 1.165) is 28.4 Å². The maximum Gasteiger partial charge on any atom is 0.409 e. The number of likely N-dealkylation sites (tertiary alicyclic amines) is 1. The zero-order valence-corrected chi connectivity index (χ0v) is 17.0. The van der Waals surface area contributed by atoms with Crippen molar-refractivity contribution >= 4 is 46.3 Å². The second kappa shape index (κ2) is 8.37. The van der Waals surface area contributed by atoms with Gasteiger partial charge in [-0.2, -0.15) is 0 Å². The lowest BCUT2D eigenvalue weighted by Gasteiger charge is -2.31. The summed E-state index contributed by atoms with van der Waals surface area (Å²) in [6, 6.07) is 3.79. The number of hydrogen-bond donors (Lipinski definition) is 1. The first-order chi connectivity index (χ1) is 12.5. The van der Waals surface area contributed by atoms with Gasteiger partial charge < -0.3 is 15.0 Å². The molecule has 26 heavy (non-hydrogen) atoms. The smallest absolute Gasteiger partial charge is 0.409 e. The number of nitrogens with zero attached hydrogens (tertiary/aromatic N) is 2. The minimum Gasteiger partial charge on any atom is -0.450 e. The summed E-state index contributed by atoms with van der Waals surface area (Å²) < 4.78 is 5.72. The average Bonchev–Trinajstić information content (AvgIpc) is 3.21. The highest BCUT2D eigenvalue weighted by atomic mass is 35.5. The number of thiazole rings is 1. The maximum atomic E-state index is 12.6. The highest BCUT2D eigenvalue weighted by Gasteiger charge is 2.26. The van der Waals surface area contributed by atoms with Crippen molar-refractivity contribution in [1.29, 1.82) is 0 Å². The van der Waals surface area contributed by atoms with Crippen LogP contribution >= 0.6 is 34.3 Å². The minimum absolute atomic E-state index is 0.0503. The third-order valence-electron chi connectivity index (χ3n) is 4.14. The van der Waals surface area contributed by atoms with Crippen LogP contribution in [0.25, 0.3) is 9.88 Å². The quantitative estimate of drug-likeness (QED) is 0.815. The number of aromatic nitrogens is 1. The second-order valence-corrected chi connectivity index (χ2v) is 8.69. The summed E-state index contributed by atoms with van der Waals surface area (Å²) in [5.41, 5.74) is 0.719. The molecule has 3 rings (SSSR count). The second-order valence-electron chi connectivity index (χ2n) is 5.97. The fourth-order valence-electron chi connectivity index (χ4n) is 2.81. The third-order valence-corrected chi connectivity index (χ3v) is 6.70. The molecule has 0 saturated carbocycles. The summed E-state index contributed by atoms with van der Waals surface area (Å²) in [5.74, 6) is -0.108. The molecule has 0 spiro atoms. The summed E-state index contributed by atoms with van der Waals surface area (Å²) in [6.45, 7) is 5.18. The van der Waals surface area contributed by atoms with Crippen molar-refractivity contribution in [2.24, 2.45) is 0 Å². The Morgan fingerprint density at radius 3 is 2.69 bits per heavy atom. The zero-order valence-electron chi connectivity index (χ0n) is 14.6. The van der Waals surface area contributed by atoms with E-state index in [1.165, 1.54) is 22.7 Å². The van der Waals surface area contributed by atoms with Crippen LogP contribution in [0, 0.1) is 6.92 Å². The van der Waals surface area contributed by atoms with E-state index >= 15 is 0 Å². The van der Waals surface area contributed by atoms with E-state index in [1.54, 1.807) is 11.8 Å². The molecule has 1 aliphatic rings. The molecule has 9 heteroatoms. The van der Waals surface area contributed by atoms with E-state index < -0.39 is 0 Å². The van der Waals surface area contributed by atoms with Gasteiger partial charge in [0.05, 0.1) is 21.5 Å². The molecule has 0 bridgehead atoms. The fraction of sp³-hybridized carbons (Fsp3) is 0.471. The number of carbonyl (C=O) groups excluding carboxylic acids is 2. The van der Waals surface area contributed by atoms with Gasteiger partial charge in [0.15, 0.2) is 0 Å². The van der Waals surface area contributed by atoms with Crippen LogP contribution in [-0.4, -0.2) is 47.6 Å². The highest BCUT2D eigenvalue weighted by molar-refractivity contribution is 7.24. The van der Waals surface area contributed by atoms with Gasteiger partial charge >= 0.3 is 6.09 Å². The zero-order chi connectivity index (χ0) is 18.7. The van der Waals surface area contributed by atoms with Gasteiger partial charge in [-0.05, 0) is 38.8 Å². The van der Waals surface area contributed by atoms with Gasteiger partial charge in [-0.3, -0.25) is 4.79 Å². The van der Waals surface area contributed by atoms with Crippen LogP contribution in [0.5, 0.6) is 0 Å². The highest BCUT2D eigenvalue weighted by Crippen LogP contribution is 2.35. The number of rotatable bonds is 4. The molecule has 1 aliphatic heterocycles. The largest absolute Gasteiger partial charge is 0.450 e. The Labute approximate surface area is 165 Å². The van der Waals surface area contributed by atoms with Crippen molar-refractivity contribution in [3.8, 4) is 9.88 Å². The van der Waals surface area contributed by atoms with E-state index in [-0.39, 0.29) is 18.0 Å². The summed E-state index contributed by atoms with van der Waals surface area (Å²) in [5, 5.41) is 3.87. The van der Waals surface area contributed by atoms with Crippen molar-refractivity contribution in [3.05, 3.63) is 27.0 Å². The summed E-state index contributed by atoms with van der Waals surface area (Å²) in [4.78, 5) is 32.1. The molecule has 6 nitrogen and oxygen atoms in total. The van der Waals surface area contributed by atoms with E-state index in [9.17, 15) is 9.59 Å². The first kappa shape index (κ1) is 19.1. The molecule has 1 N–H and O–H groups in total. The van der Waals surface area contributed by atoms with E-state index in [4.69, 9.17) is 16.3 Å². The fourth-order valence-corrected chi connectivity index (χ4v) is 4.88. The summed E-state index contributed by atoms with van der Waals surface area (Å²) in [7, 11) is 0. The van der Waals surface area contributed by atoms with Crippen LogP contribution < -0.4 is 5.32 Å². The topological polar surface area (TPSA) is 71.5 Å². The van der Waals surface area contributed by atoms with E-state index in [0.29, 0.717) is 28.9 Å². The number of ether oxygens (including phenoxy) is 1. The summed E-state index contributed by atoms with van der Waals surface area (Å²) in [6.07, 6.45) is 1.15. The average molecular weight is 414 g/mol.